The molecule has 0 aromatic rings. The minimum atomic E-state index is -3.83. The maximum atomic E-state index is 11.8. The van der Waals surface area contributed by atoms with Crippen molar-refractivity contribution in [3.05, 3.63) is 0 Å². The molecule has 1 aliphatic rings. The number of carbonyl (C=O) groups excluding carboxylic acids is 1. The molecule has 1 aliphatic heterocycles. The first-order chi connectivity index (χ1) is 7.51. The van der Waals surface area contributed by atoms with Crippen LogP contribution in [-0.4, -0.2) is 44.4 Å². The predicted octanol–water partition coefficient (Wildman–Crippen LogP) is 0.680. The van der Waals surface area contributed by atoms with Crippen molar-refractivity contribution in [2.75, 3.05) is 19.5 Å². The number of methoxy groups -OCH3 is 1. The summed E-state index contributed by atoms with van der Waals surface area (Å²) in [6.07, 6.45) is 1.45. The Hall–Kier alpha value is -0.530. The lowest BCUT2D eigenvalue weighted by Gasteiger charge is -2.32. The number of rotatable bonds is 3. The fraction of sp³-hybridized carbons (Fsp3) is 0.875. The van der Waals surface area contributed by atoms with Crippen LogP contribution in [0.4, 0.5) is 4.79 Å². The van der Waals surface area contributed by atoms with Gasteiger partial charge in [-0.25, -0.2) is 9.52 Å². The Kier molecular flexibility index (Phi) is 4.82. The van der Waals surface area contributed by atoms with Gasteiger partial charge >= 0.3 is 16.3 Å². The molecule has 1 heterocycles. The molecule has 0 aromatic carbocycles. The van der Waals surface area contributed by atoms with Crippen LogP contribution >= 0.6 is 11.6 Å². The zero-order valence-electron chi connectivity index (χ0n) is 8.98. The summed E-state index contributed by atoms with van der Waals surface area (Å²) < 4.78 is 30.9. The van der Waals surface area contributed by atoms with E-state index < -0.39 is 16.3 Å². The van der Waals surface area contributed by atoms with Gasteiger partial charge in [0.25, 0.3) is 0 Å². The highest BCUT2D eigenvalue weighted by Gasteiger charge is 2.32. The standard InChI is InChI=1S/C8H15ClN2O4S/c1-15-8(12)10-16(13,14)11-5-3-2-4-7(11)6-9/h7H,2-6H2,1H3,(H,10,12). The molecule has 8 heteroatoms. The first-order valence-corrected chi connectivity index (χ1v) is 6.92. The van der Waals surface area contributed by atoms with Crippen molar-refractivity contribution in [3.8, 4) is 0 Å². The van der Waals surface area contributed by atoms with Gasteiger partial charge in [-0.1, -0.05) is 6.42 Å². The van der Waals surface area contributed by atoms with E-state index >= 15 is 0 Å². The maximum absolute atomic E-state index is 11.8. The molecule has 1 rings (SSSR count). The van der Waals surface area contributed by atoms with E-state index in [2.05, 4.69) is 4.74 Å². The van der Waals surface area contributed by atoms with E-state index in [1.807, 2.05) is 4.72 Å². The average molecular weight is 271 g/mol. The number of carbonyl (C=O) groups is 1. The molecule has 1 fully saturated rings. The molecule has 0 saturated carbocycles. The van der Waals surface area contributed by atoms with Crippen LogP contribution in [0.15, 0.2) is 0 Å². The zero-order chi connectivity index (χ0) is 12.2. The van der Waals surface area contributed by atoms with Gasteiger partial charge in [-0.15, -0.1) is 11.6 Å². The van der Waals surface area contributed by atoms with E-state index in [0.29, 0.717) is 13.0 Å². The normalized spacial score (nSPS) is 22.8. The van der Waals surface area contributed by atoms with Crippen LogP contribution in [0.2, 0.25) is 0 Å². The Balaban J connectivity index is 2.76. The molecular formula is C8H15ClN2O4S. The molecule has 0 aromatic heterocycles. The van der Waals surface area contributed by atoms with Crippen LogP contribution in [-0.2, 0) is 14.9 Å². The van der Waals surface area contributed by atoms with Crippen molar-refractivity contribution < 1.29 is 17.9 Å². The summed E-state index contributed by atoms with van der Waals surface area (Å²) in [6.45, 7) is 0.379. The van der Waals surface area contributed by atoms with E-state index in [1.54, 1.807) is 0 Å². The Morgan fingerprint density at radius 2 is 2.25 bits per heavy atom. The fourth-order valence-electron chi connectivity index (χ4n) is 1.65. The van der Waals surface area contributed by atoms with Crippen molar-refractivity contribution in [1.82, 2.24) is 9.03 Å². The lowest BCUT2D eigenvalue weighted by atomic mass is 10.1. The maximum Gasteiger partial charge on any atom is 0.421 e. The van der Waals surface area contributed by atoms with Crippen LogP contribution in [0, 0.1) is 0 Å². The Labute approximate surface area is 100 Å². The van der Waals surface area contributed by atoms with E-state index in [0.717, 1.165) is 20.0 Å². The van der Waals surface area contributed by atoms with Crippen LogP contribution in [0.1, 0.15) is 19.3 Å². The fourth-order valence-corrected chi connectivity index (χ4v) is 3.41. The van der Waals surface area contributed by atoms with Crippen molar-refractivity contribution in [1.29, 1.82) is 0 Å². The summed E-state index contributed by atoms with van der Waals surface area (Å²) in [4.78, 5) is 10.9. The second-order valence-electron chi connectivity index (χ2n) is 3.51. The van der Waals surface area contributed by atoms with Crippen molar-refractivity contribution in [2.45, 2.75) is 25.3 Å². The third-order valence-corrected chi connectivity index (χ3v) is 4.34. The predicted molar refractivity (Wildman–Crippen MR) is 59.5 cm³/mol. The minimum absolute atomic E-state index is 0.224. The zero-order valence-corrected chi connectivity index (χ0v) is 10.6. The van der Waals surface area contributed by atoms with Crippen molar-refractivity contribution in [3.63, 3.8) is 0 Å². The Bertz CT molecular complexity index is 346. The second kappa shape index (κ2) is 5.70. The summed E-state index contributed by atoms with van der Waals surface area (Å²) in [7, 11) is -2.72. The van der Waals surface area contributed by atoms with Gasteiger partial charge in [-0.2, -0.15) is 12.7 Å². The van der Waals surface area contributed by atoms with E-state index in [-0.39, 0.29) is 11.9 Å². The lowest BCUT2D eigenvalue weighted by Crippen LogP contribution is -2.51. The van der Waals surface area contributed by atoms with E-state index in [4.69, 9.17) is 11.6 Å². The minimum Gasteiger partial charge on any atom is -0.452 e. The second-order valence-corrected chi connectivity index (χ2v) is 5.45. The molecule has 1 saturated heterocycles. The molecule has 1 amide bonds. The molecule has 1 unspecified atom stereocenters. The SMILES string of the molecule is COC(=O)NS(=O)(=O)N1CCCCC1CCl. The Morgan fingerprint density at radius 3 is 2.81 bits per heavy atom. The highest BCUT2D eigenvalue weighted by Crippen LogP contribution is 2.20. The van der Waals surface area contributed by atoms with Crippen molar-refractivity contribution in [2.24, 2.45) is 0 Å². The van der Waals surface area contributed by atoms with Crippen LogP contribution in [0.5, 0.6) is 0 Å². The van der Waals surface area contributed by atoms with Gasteiger partial charge in [-0.3, -0.25) is 0 Å². The molecule has 94 valence electrons. The molecular weight excluding hydrogens is 256 g/mol. The van der Waals surface area contributed by atoms with Crippen molar-refractivity contribution >= 4 is 27.9 Å². The van der Waals surface area contributed by atoms with Gasteiger partial charge in [0.05, 0.1) is 7.11 Å². The molecule has 1 atom stereocenters. The monoisotopic (exact) mass is 270 g/mol. The Morgan fingerprint density at radius 1 is 1.56 bits per heavy atom. The molecule has 0 bridgehead atoms. The number of halogens is 1. The highest BCUT2D eigenvalue weighted by atomic mass is 35.5. The quantitative estimate of drug-likeness (QED) is 0.765. The van der Waals surface area contributed by atoms with E-state index in [9.17, 15) is 13.2 Å². The smallest absolute Gasteiger partial charge is 0.421 e. The van der Waals surface area contributed by atoms with E-state index in [1.165, 1.54) is 4.31 Å². The number of piperidine rings is 1. The highest BCUT2D eigenvalue weighted by molar-refractivity contribution is 7.87. The number of alkyl halides is 1. The van der Waals surface area contributed by atoms with Crippen LogP contribution in [0.25, 0.3) is 0 Å². The number of nitrogens with one attached hydrogen (secondary N) is 1. The lowest BCUT2D eigenvalue weighted by molar-refractivity contribution is 0.176. The van der Waals surface area contributed by atoms with Gasteiger partial charge in [0.15, 0.2) is 0 Å². The molecule has 16 heavy (non-hydrogen) atoms. The van der Waals surface area contributed by atoms with Gasteiger partial charge in [0.1, 0.15) is 0 Å². The number of amides is 1. The summed E-state index contributed by atoms with van der Waals surface area (Å²) in [6, 6.07) is -0.252. The third-order valence-electron chi connectivity index (χ3n) is 2.46. The number of hydrogen-bond acceptors (Lipinski definition) is 4. The van der Waals surface area contributed by atoms with Gasteiger partial charge < -0.3 is 4.74 Å². The number of nitrogens with zero attached hydrogens (tertiary/aromatic N) is 1. The summed E-state index contributed by atoms with van der Waals surface area (Å²) >= 11 is 5.70. The van der Waals surface area contributed by atoms with Crippen LogP contribution in [0.3, 0.4) is 0 Å². The van der Waals surface area contributed by atoms with Gasteiger partial charge in [-0.05, 0) is 12.8 Å². The molecule has 0 aliphatic carbocycles. The summed E-state index contributed by atoms with van der Waals surface area (Å²) in [5, 5.41) is 0. The molecule has 0 radical (unpaired) electrons. The number of hydrogen-bond donors (Lipinski definition) is 1. The summed E-state index contributed by atoms with van der Waals surface area (Å²) in [5.74, 6) is 0.224. The molecule has 1 N–H and O–H groups in total. The summed E-state index contributed by atoms with van der Waals surface area (Å²) in [5.41, 5.74) is 0. The largest absolute Gasteiger partial charge is 0.452 e. The van der Waals surface area contributed by atoms with Crippen LogP contribution < -0.4 is 4.72 Å². The molecule has 0 spiro atoms. The van der Waals surface area contributed by atoms with Gasteiger partial charge in [0.2, 0.25) is 0 Å². The number of ether oxygens (including phenoxy) is 1. The molecule has 6 nitrogen and oxygen atoms in total. The average Bonchev–Trinajstić information content (AvgIpc) is 2.28. The first kappa shape index (κ1) is 13.5. The first-order valence-electron chi connectivity index (χ1n) is 4.94. The topological polar surface area (TPSA) is 75.7 Å². The van der Waals surface area contributed by atoms with Gasteiger partial charge in [0, 0.05) is 18.5 Å². The third kappa shape index (κ3) is 3.23.